The van der Waals surface area contributed by atoms with Gasteiger partial charge in [-0.25, -0.2) is 0 Å². The molecule has 0 unspecified atom stereocenters. The number of benzene rings is 2. The Labute approximate surface area is 124 Å². The molecule has 0 spiro atoms. The van der Waals surface area contributed by atoms with Gasteiger partial charge in [0.1, 0.15) is 5.75 Å². The molecule has 0 amide bonds. The summed E-state index contributed by atoms with van der Waals surface area (Å²) in [6, 6.07) is 11.6. The molecule has 1 heterocycles. The van der Waals surface area contributed by atoms with E-state index in [0.717, 1.165) is 0 Å². The van der Waals surface area contributed by atoms with E-state index in [0.29, 0.717) is 26.5 Å². The van der Waals surface area contributed by atoms with Crippen LogP contribution in [0.5, 0.6) is 5.75 Å². The van der Waals surface area contributed by atoms with E-state index in [1.165, 1.54) is 0 Å². The van der Waals surface area contributed by atoms with Crippen molar-refractivity contribution in [3.63, 3.8) is 0 Å². The highest BCUT2D eigenvalue weighted by Crippen LogP contribution is 2.33. The molecule has 0 aliphatic rings. The zero-order valence-corrected chi connectivity index (χ0v) is 11.7. The molecule has 0 aliphatic heterocycles. The monoisotopic (exact) mass is 305 g/mol. The molecule has 0 atom stereocenters. The minimum absolute atomic E-state index is 0.0669. The van der Waals surface area contributed by atoms with E-state index in [1.807, 2.05) is 0 Å². The third-order valence-electron chi connectivity index (χ3n) is 3.08. The van der Waals surface area contributed by atoms with Gasteiger partial charge in [-0.3, -0.25) is 4.79 Å². The topological polar surface area (TPSA) is 53.1 Å². The van der Waals surface area contributed by atoms with Crippen molar-refractivity contribution in [2.24, 2.45) is 0 Å². The Hall–Kier alpha value is -1.97. The molecule has 20 heavy (non-hydrogen) atoms. The molecular formula is C15H9Cl2NO2. The van der Waals surface area contributed by atoms with Crippen molar-refractivity contribution < 1.29 is 5.11 Å². The fraction of sp³-hybridized carbons (Fsp3) is 0. The molecule has 0 aliphatic carbocycles. The highest BCUT2D eigenvalue weighted by molar-refractivity contribution is 6.31. The number of fused-ring (bicyclic) bond motifs is 1. The highest BCUT2D eigenvalue weighted by Gasteiger charge is 2.13. The average Bonchev–Trinajstić information content (AvgIpc) is 2.40. The van der Waals surface area contributed by atoms with Crippen LogP contribution in [0.3, 0.4) is 0 Å². The van der Waals surface area contributed by atoms with Gasteiger partial charge in [0.05, 0.1) is 11.1 Å². The molecule has 0 bridgehead atoms. The third kappa shape index (κ3) is 2.15. The molecule has 0 saturated carbocycles. The first-order chi connectivity index (χ1) is 9.56. The van der Waals surface area contributed by atoms with E-state index < -0.39 is 0 Å². The Morgan fingerprint density at radius 2 is 1.60 bits per heavy atom. The quantitative estimate of drug-likeness (QED) is 0.707. The minimum Gasteiger partial charge on any atom is -0.506 e. The van der Waals surface area contributed by atoms with E-state index in [4.69, 9.17) is 23.2 Å². The first-order valence-electron chi connectivity index (χ1n) is 5.87. The zero-order chi connectivity index (χ0) is 14.3. The van der Waals surface area contributed by atoms with Crippen molar-refractivity contribution in [2.45, 2.75) is 0 Å². The van der Waals surface area contributed by atoms with Crippen molar-refractivity contribution in [3.05, 3.63) is 62.9 Å². The van der Waals surface area contributed by atoms with E-state index in [9.17, 15) is 9.90 Å². The first kappa shape index (κ1) is 13.0. The van der Waals surface area contributed by atoms with Gasteiger partial charge >= 0.3 is 0 Å². The number of pyridine rings is 1. The molecule has 0 fully saturated rings. The number of hydrogen-bond donors (Lipinski definition) is 2. The van der Waals surface area contributed by atoms with Gasteiger partial charge in [-0.15, -0.1) is 0 Å². The molecular weight excluding hydrogens is 297 g/mol. The third-order valence-corrected chi connectivity index (χ3v) is 3.57. The van der Waals surface area contributed by atoms with Crippen LogP contribution in [0.15, 0.2) is 47.3 Å². The molecule has 2 aromatic carbocycles. The lowest BCUT2D eigenvalue weighted by molar-refractivity contribution is 0.482. The number of rotatable bonds is 1. The number of aromatic hydroxyl groups is 1. The summed E-state index contributed by atoms with van der Waals surface area (Å²) in [4.78, 5) is 14.9. The maximum Gasteiger partial charge on any atom is 0.260 e. The van der Waals surface area contributed by atoms with Crippen LogP contribution in [0.4, 0.5) is 0 Å². The summed E-state index contributed by atoms with van der Waals surface area (Å²) in [5, 5.41) is 11.9. The number of aromatic amines is 1. The van der Waals surface area contributed by atoms with Crippen LogP contribution in [0.2, 0.25) is 10.0 Å². The lowest BCUT2D eigenvalue weighted by atomic mass is 10.0. The van der Waals surface area contributed by atoms with E-state index >= 15 is 0 Å². The van der Waals surface area contributed by atoms with Crippen molar-refractivity contribution in [2.75, 3.05) is 0 Å². The minimum atomic E-state index is -0.375. The van der Waals surface area contributed by atoms with Crippen molar-refractivity contribution >= 4 is 34.1 Å². The van der Waals surface area contributed by atoms with Crippen LogP contribution in [-0.4, -0.2) is 10.1 Å². The molecule has 1 aromatic heterocycles. The van der Waals surface area contributed by atoms with Gasteiger partial charge < -0.3 is 10.1 Å². The predicted octanol–water partition coefficient (Wildman–Crippen LogP) is 4.21. The fourth-order valence-corrected chi connectivity index (χ4v) is 2.44. The SMILES string of the molecule is O=c1[nH]c2cc(Cl)ccc2c(O)c1-c1ccc(Cl)cc1. The second-order valence-corrected chi connectivity index (χ2v) is 5.25. The van der Waals surface area contributed by atoms with Crippen molar-refractivity contribution in [1.82, 2.24) is 4.98 Å². The standard InChI is InChI=1S/C15H9Cl2NO2/c16-9-3-1-8(2-4-9)13-14(19)11-6-5-10(17)7-12(11)18-15(13)20/h1-7H,(H2,18,19,20). The van der Waals surface area contributed by atoms with E-state index in [-0.39, 0.29) is 16.9 Å². The van der Waals surface area contributed by atoms with Gasteiger partial charge in [0, 0.05) is 15.4 Å². The van der Waals surface area contributed by atoms with Gasteiger partial charge in [-0.2, -0.15) is 0 Å². The maximum absolute atomic E-state index is 12.2. The summed E-state index contributed by atoms with van der Waals surface area (Å²) in [6.45, 7) is 0. The van der Waals surface area contributed by atoms with Gasteiger partial charge in [-0.1, -0.05) is 35.3 Å². The van der Waals surface area contributed by atoms with Crippen molar-refractivity contribution in [1.29, 1.82) is 0 Å². The first-order valence-corrected chi connectivity index (χ1v) is 6.62. The predicted molar refractivity (Wildman–Crippen MR) is 81.7 cm³/mol. The van der Waals surface area contributed by atoms with Crippen molar-refractivity contribution in [3.8, 4) is 16.9 Å². The highest BCUT2D eigenvalue weighted by atomic mass is 35.5. The van der Waals surface area contributed by atoms with E-state index in [2.05, 4.69) is 4.98 Å². The Balaban J connectivity index is 2.34. The summed E-state index contributed by atoms with van der Waals surface area (Å²) in [5.74, 6) is -0.0669. The smallest absolute Gasteiger partial charge is 0.260 e. The second kappa shape index (κ2) is 4.85. The Morgan fingerprint density at radius 3 is 2.30 bits per heavy atom. The maximum atomic E-state index is 12.2. The summed E-state index contributed by atoms with van der Waals surface area (Å²) < 4.78 is 0. The summed E-state index contributed by atoms with van der Waals surface area (Å²) in [7, 11) is 0. The number of hydrogen-bond acceptors (Lipinski definition) is 2. The molecule has 100 valence electrons. The number of nitrogens with one attached hydrogen (secondary N) is 1. The Morgan fingerprint density at radius 1 is 0.950 bits per heavy atom. The lowest BCUT2D eigenvalue weighted by Crippen LogP contribution is -2.09. The Bertz CT molecular complexity index is 854. The van der Waals surface area contributed by atoms with Crippen LogP contribution < -0.4 is 5.56 Å². The van der Waals surface area contributed by atoms with Crippen LogP contribution in [0.25, 0.3) is 22.0 Å². The molecule has 3 rings (SSSR count). The van der Waals surface area contributed by atoms with Gasteiger partial charge in [0.2, 0.25) is 0 Å². The van der Waals surface area contributed by atoms with Crippen LogP contribution in [0.1, 0.15) is 0 Å². The fourth-order valence-electron chi connectivity index (χ4n) is 2.14. The normalized spacial score (nSPS) is 10.9. The van der Waals surface area contributed by atoms with Crippen LogP contribution in [0, 0.1) is 0 Å². The molecule has 0 saturated heterocycles. The van der Waals surface area contributed by atoms with Gasteiger partial charge in [-0.05, 0) is 35.9 Å². The Kier molecular flexibility index (Phi) is 3.16. The molecule has 3 aromatic rings. The summed E-state index contributed by atoms with van der Waals surface area (Å²) >= 11 is 11.7. The number of halogens is 2. The average molecular weight is 306 g/mol. The molecule has 3 nitrogen and oxygen atoms in total. The molecule has 0 radical (unpaired) electrons. The lowest BCUT2D eigenvalue weighted by Gasteiger charge is -2.08. The molecule has 2 N–H and O–H groups in total. The summed E-state index contributed by atoms with van der Waals surface area (Å²) in [6.07, 6.45) is 0. The number of H-pyrrole nitrogens is 1. The largest absolute Gasteiger partial charge is 0.506 e. The van der Waals surface area contributed by atoms with Gasteiger partial charge in [0.15, 0.2) is 0 Å². The summed E-state index contributed by atoms with van der Waals surface area (Å²) in [5.41, 5.74) is 0.943. The second-order valence-electron chi connectivity index (χ2n) is 4.37. The van der Waals surface area contributed by atoms with Gasteiger partial charge in [0.25, 0.3) is 5.56 Å². The zero-order valence-electron chi connectivity index (χ0n) is 10.2. The number of aromatic nitrogens is 1. The van der Waals surface area contributed by atoms with E-state index in [1.54, 1.807) is 42.5 Å². The van der Waals surface area contributed by atoms with Crippen LogP contribution >= 0.6 is 23.2 Å². The molecule has 5 heteroatoms. The van der Waals surface area contributed by atoms with Crippen LogP contribution in [-0.2, 0) is 0 Å².